The molecule has 0 radical (unpaired) electrons. The second-order valence-electron chi connectivity index (χ2n) is 4.00. The molecule has 1 aliphatic heterocycles. The zero-order valence-corrected chi connectivity index (χ0v) is 10.2. The molecule has 5 heteroatoms. The van der Waals surface area contributed by atoms with Crippen molar-refractivity contribution in [1.29, 1.82) is 0 Å². The summed E-state index contributed by atoms with van der Waals surface area (Å²) in [5, 5.41) is 2.39. The summed E-state index contributed by atoms with van der Waals surface area (Å²) >= 11 is 0. The number of methoxy groups -OCH3 is 1. The quantitative estimate of drug-likeness (QED) is 0.547. The number of nitrogens with zero attached hydrogens (tertiary/aromatic N) is 1. The van der Waals surface area contributed by atoms with Crippen LogP contribution < -0.4 is 5.32 Å². The van der Waals surface area contributed by atoms with Crippen molar-refractivity contribution in [3.63, 3.8) is 0 Å². The van der Waals surface area contributed by atoms with Gasteiger partial charge in [-0.2, -0.15) is 0 Å². The first-order chi connectivity index (χ1) is 7.62. The smallest absolute Gasteiger partial charge is 0.325 e. The van der Waals surface area contributed by atoms with E-state index in [-0.39, 0.29) is 11.9 Å². The number of ether oxygens (including phenoxy) is 1. The molecule has 0 aromatic carbocycles. The molecule has 0 spiro atoms. The minimum Gasteiger partial charge on any atom is -0.385 e. The Morgan fingerprint density at radius 2 is 1.94 bits per heavy atom. The Bertz CT molecular complexity index is 274. The fraction of sp³-hybridized carbons (Fsp3) is 0.818. The Balaban J connectivity index is 2.77. The topological polar surface area (TPSA) is 58.6 Å². The maximum Gasteiger partial charge on any atom is 0.325 e. The van der Waals surface area contributed by atoms with Gasteiger partial charge in [-0.25, -0.2) is 4.79 Å². The Hall–Kier alpha value is -1.10. The minimum absolute atomic E-state index is 0.167. The molecule has 0 atom stereocenters. The molecule has 0 bridgehead atoms. The molecule has 1 N–H and O–H groups in total. The van der Waals surface area contributed by atoms with Crippen molar-refractivity contribution in [2.75, 3.05) is 20.3 Å². The first-order valence-electron chi connectivity index (χ1n) is 5.74. The van der Waals surface area contributed by atoms with E-state index in [2.05, 4.69) is 5.32 Å². The average molecular weight is 228 g/mol. The van der Waals surface area contributed by atoms with E-state index in [0.29, 0.717) is 26.0 Å². The second-order valence-corrected chi connectivity index (χ2v) is 4.00. The number of imide groups is 1. The lowest BCUT2D eigenvalue weighted by molar-refractivity contribution is -0.127. The number of rotatable bonds is 6. The third-order valence-electron chi connectivity index (χ3n) is 3.30. The summed E-state index contributed by atoms with van der Waals surface area (Å²) in [6, 6.07) is -0.273. The maximum atomic E-state index is 11.8. The largest absolute Gasteiger partial charge is 0.385 e. The van der Waals surface area contributed by atoms with Crippen LogP contribution in [0.1, 0.15) is 33.1 Å². The molecule has 0 unspecified atom stereocenters. The monoisotopic (exact) mass is 228 g/mol. The van der Waals surface area contributed by atoms with Crippen LogP contribution in [-0.2, 0) is 9.53 Å². The zero-order chi connectivity index (χ0) is 12.2. The summed E-state index contributed by atoms with van der Waals surface area (Å²) in [6.07, 6.45) is 2.04. The van der Waals surface area contributed by atoms with Gasteiger partial charge in [0.15, 0.2) is 0 Å². The molecule has 0 aromatic heterocycles. The minimum atomic E-state index is -0.648. The fourth-order valence-electron chi connectivity index (χ4n) is 2.23. The van der Waals surface area contributed by atoms with Crippen LogP contribution in [0.2, 0.25) is 0 Å². The third kappa shape index (κ3) is 2.04. The van der Waals surface area contributed by atoms with Crippen molar-refractivity contribution in [2.24, 2.45) is 0 Å². The van der Waals surface area contributed by atoms with Gasteiger partial charge in [-0.05, 0) is 19.3 Å². The molecule has 1 rings (SSSR count). The molecule has 1 aliphatic rings. The third-order valence-corrected chi connectivity index (χ3v) is 3.30. The van der Waals surface area contributed by atoms with Gasteiger partial charge in [-0.15, -0.1) is 0 Å². The highest BCUT2D eigenvalue weighted by Gasteiger charge is 2.49. The van der Waals surface area contributed by atoms with Crippen LogP contribution >= 0.6 is 0 Å². The van der Waals surface area contributed by atoms with Gasteiger partial charge in [-0.1, -0.05) is 13.8 Å². The average Bonchev–Trinajstić information content (AvgIpc) is 2.51. The molecule has 1 heterocycles. The first-order valence-corrected chi connectivity index (χ1v) is 5.74. The Morgan fingerprint density at radius 1 is 1.31 bits per heavy atom. The number of hydrogen-bond acceptors (Lipinski definition) is 3. The van der Waals surface area contributed by atoms with Crippen molar-refractivity contribution in [1.82, 2.24) is 10.2 Å². The summed E-state index contributed by atoms with van der Waals surface area (Å²) in [5.41, 5.74) is -0.648. The number of amides is 3. The van der Waals surface area contributed by atoms with E-state index < -0.39 is 5.54 Å². The van der Waals surface area contributed by atoms with Gasteiger partial charge in [0, 0.05) is 20.3 Å². The molecule has 0 saturated carbocycles. The number of urea groups is 1. The van der Waals surface area contributed by atoms with Gasteiger partial charge in [0.1, 0.15) is 5.54 Å². The van der Waals surface area contributed by atoms with Gasteiger partial charge in [0.05, 0.1) is 0 Å². The highest BCUT2D eigenvalue weighted by molar-refractivity contribution is 6.06. The molecule has 1 fully saturated rings. The van der Waals surface area contributed by atoms with Crippen LogP contribution in [0.5, 0.6) is 0 Å². The van der Waals surface area contributed by atoms with Gasteiger partial charge < -0.3 is 9.64 Å². The van der Waals surface area contributed by atoms with E-state index in [1.54, 1.807) is 12.0 Å². The van der Waals surface area contributed by atoms with E-state index in [9.17, 15) is 9.59 Å². The second kappa shape index (κ2) is 5.30. The van der Waals surface area contributed by atoms with Crippen molar-refractivity contribution >= 4 is 11.9 Å². The number of nitrogens with one attached hydrogen (secondary N) is 1. The predicted octanol–water partition coefficient (Wildman–Crippen LogP) is 1.13. The van der Waals surface area contributed by atoms with Crippen LogP contribution in [0.4, 0.5) is 4.79 Å². The van der Waals surface area contributed by atoms with Gasteiger partial charge in [0.25, 0.3) is 5.91 Å². The number of hydrogen-bond donors (Lipinski definition) is 1. The van der Waals surface area contributed by atoms with Crippen LogP contribution in [0, 0.1) is 0 Å². The van der Waals surface area contributed by atoms with E-state index in [1.807, 2.05) is 13.8 Å². The summed E-state index contributed by atoms with van der Waals surface area (Å²) in [7, 11) is 1.63. The number of carbonyl (C=O) groups excluding carboxylic acids is 2. The van der Waals surface area contributed by atoms with E-state index in [0.717, 1.165) is 6.42 Å². The van der Waals surface area contributed by atoms with E-state index in [1.165, 1.54) is 0 Å². The summed E-state index contributed by atoms with van der Waals surface area (Å²) in [4.78, 5) is 25.1. The zero-order valence-electron chi connectivity index (χ0n) is 10.2. The predicted molar refractivity (Wildman–Crippen MR) is 60.1 cm³/mol. The lowest BCUT2D eigenvalue weighted by Crippen LogP contribution is -2.49. The van der Waals surface area contributed by atoms with Gasteiger partial charge in [0.2, 0.25) is 0 Å². The maximum absolute atomic E-state index is 11.8. The summed E-state index contributed by atoms with van der Waals surface area (Å²) in [6.45, 7) is 5.03. The first kappa shape index (κ1) is 13.0. The molecular formula is C11H20N2O3. The van der Waals surface area contributed by atoms with Crippen LogP contribution in [0.3, 0.4) is 0 Å². The lowest BCUT2D eigenvalue weighted by atomic mass is 9.91. The lowest BCUT2D eigenvalue weighted by Gasteiger charge is -2.33. The molecule has 1 saturated heterocycles. The molecule has 92 valence electrons. The number of carbonyl (C=O) groups is 2. The van der Waals surface area contributed by atoms with Crippen molar-refractivity contribution in [2.45, 2.75) is 38.6 Å². The van der Waals surface area contributed by atoms with Crippen molar-refractivity contribution in [3.8, 4) is 0 Å². The highest BCUT2D eigenvalue weighted by Crippen LogP contribution is 2.29. The van der Waals surface area contributed by atoms with Gasteiger partial charge in [-0.3, -0.25) is 10.1 Å². The van der Waals surface area contributed by atoms with Gasteiger partial charge >= 0.3 is 6.03 Å². The van der Waals surface area contributed by atoms with Crippen LogP contribution in [0.15, 0.2) is 0 Å². The standard InChI is InChI=1S/C11H20N2O3/c1-4-11(5-2)9(14)12-10(15)13(11)7-6-8-16-3/h4-8H2,1-3H3,(H,12,14,15). The fourth-order valence-corrected chi connectivity index (χ4v) is 2.23. The SMILES string of the molecule is CCC1(CC)C(=O)NC(=O)N1CCCOC. The highest BCUT2D eigenvalue weighted by atomic mass is 16.5. The van der Waals surface area contributed by atoms with Crippen molar-refractivity contribution < 1.29 is 14.3 Å². The summed E-state index contributed by atoms with van der Waals surface area (Å²) < 4.78 is 4.96. The molecule has 3 amide bonds. The van der Waals surface area contributed by atoms with Crippen LogP contribution in [-0.4, -0.2) is 42.6 Å². The molecular weight excluding hydrogens is 208 g/mol. The molecule has 5 nitrogen and oxygen atoms in total. The van der Waals surface area contributed by atoms with Crippen LogP contribution in [0.25, 0.3) is 0 Å². The Kier molecular flexibility index (Phi) is 4.29. The summed E-state index contributed by atoms with van der Waals surface area (Å²) in [5.74, 6) is -0.167. The molecule has 16 heavy (non-hydrogen) atoms. The molecule has 0 aromatic rings. The Morgan fingerprint density at radius 3 is 2.44 bits per heavy atom. The normalized spacial score (nSPS) is 19.1. The Labute approximate surface area is 96.1 Å². The van der Waals surface area contributed by atoms with E-state index >= 15 is 0 Å². The van der Waals surface area contributed by atoms with E-state index in [4.69, 9.17) is 4.74 Å². The molecule has 0 aliphatic carbocycles. The van der Waals surface area contributed by atoms with Crippen molar-refractivity contribution in [3.05, 3.63) is 0 Å².